The molecule has 2 nitrogen and oxygen atoms in total. The van der Waals surface area contributed by atoms with E-state index in [9.17, 15) is 0 Å². The van der Waals surface area contributed by atoms with Crippen LogP contribution in [0.5, 0.6) is 0 Å². The molecular weight excluding hydrogens is 148 g/mol. The Hall–Kier alpha value is -0.0800. The van der Waals surface area contributed by atoms with Crippen LogP contribution in [0.3, 0.4) is 0 Å². The summed E-state index contributed by atoms with van der Waals surface area (Å²) in [4.78, 5) is 2.49. The van der Waals surface area contributed by atoms with E-state index in [1.54, 1.807) is 0 Å². The number of rotatable bonds is 5. The molecule has 0 saturated heterocycles. The molecule has 2 rings (SSSR count). The Morgan fingerprint density at radius 2 is 2.00 bits per heavy atom. The normalized spacial score (nSPS) is 24.5. The van der Waals surface area contributed by atoms with Gasteiger partial charge in [-0.25, -0.2) is 0 Å². The molecule has 0 unspecified atom stereocenters. The van der Waals surface area contributed by atoms with Crippen LogP contribution < -0.4 is 5.32 Å². The van der Waals surface area contributed by atoms with Crippen LogP contribution in [0.15, 0.2) is 0 Å². The molecule has 1 N–H and O–H groups in total. The highest BCUT2D eigenvalue weighted by Crippen LogP contribution is 2.24. The van der Waals surface area contributed by atoms with Gasteiger partial charge in [0.05, 0.1) is 0 Å². The van der Waals surface area contributed by atoms with Crippen molar-refractivity contribution in [2.45, 2.75) is 44.2 Å². The molecule has 2 heteroatoms. The van der Waals surface area contributed by atoms with Gasteiger partial charge < -0.3 is 10.2 Å². The van der Waals surface area contributed by atoms with Crippen LogP contribution in [0, 0.1) is 0 Å². The van der Waals surface area contributed by atoms with Gasteiger partial charge in [-0.15, -0.1) is 0 Å². The highest BCUT2D eigenvalue weighted by molar-refractivity contribution is 4.83. The van der Waals surface area contributed by atoms with Crippen molar-refractivity contribution in [3.05, 3.63) is 0 Å². The molecule has 2 aliphatic rings. The molecule has 0 bridgehead atoms. The predicted octanol–water partition coefficient (Wildman–Crippen LogP) is 1.22. The first-order chi connectivity index (χ1) is 5.86. The number of likely N-dealkylation sites (N-methyl/N-ethyl adjacent to an activating group) is 1. The third kappa shape index (κ3) is 2.20. The van der Waals surface area contributed by atoms with E-state index in [-0.39, 0.29) is 0 Å². The second-order valence-corrected chi connectivity index (χ2v) is 4.29. The number of nitrogens with one attached hydrogen (secondary N) is 1. The number of hydrogen-bond acceptors (Lipinski definition) is 2. The zero-order chi connectivity index (χ0) is 8.39. The van der Waals surface area contributed by atoms with Crippen molar-refractivity contribution in [3.8, 4) is 0 Å². The van der Waals surface area contributed by atoms with E-state index in [2.05, 4.69) is 17.3 Å². The van der Waals surface area contributed by atoms with Crippen LogP contribution in [0.2, 0.25) is 0 Å². The molecular formula is C10H20N2. The van der Waals surface area contributed by atoms with Crippen molar-refractivity contribution >= 4 is 0 Å². The zero-order valence-corrected chi connectivity index (χ0v) is 8.05. The van der Waals surface area contributed by atoms with Gasteiger partial charge in [0.2, 0.25) is 0 Å². The minimum absolute atomic E-state index is 0.859. The summed E-state index contributed by atoms with van der Waals surface area (Å²) in [6.45, 7) is 2.43. The Morgan fingerprint density at radius 3 is 2.50 bits per heavy atom. The van der Waals surface area contributed by atoms with Gasteiger partial charge in [-0.1, -0.05) is 6.42 Å². The maximum Gasteiger partial charge on any atom is 0.0107 e. The molecule has 0 aromatic heterocycles. The molecule has 0 radical (unpaired) electrons. The standard InChI is InChI=1S/C10H20N2/c1-12(10-5-6-10)8-7-11-9-3-2-4-9/h9-11H,2-8H2,1H3. The average Bonchev–Trinajstić information content (AvgIpc) is 2.75. The van der Waals surface area contributed by atoms with Crippen molar-refractivity contribution in [3.63, 3.8) is 0 Å². The lowest BCUT2D eigenvalue weighted by Gasteiger charge is -2.27. The minimum Gasteiger partial charge on any atom is -0.313 e. The molecule has 0 aromatic carbocycles. The summed E-state index contributed by atoms with van der Waals surface area (Å²) in [6, 6.07) is 1.78. The lowest BCUT2D eigenvalue weighted by atomic mass is 9.93. The Morgan fingerprint density at radius 1 is 1.25 bits per heavy atom. The molecule has 2 aliphatic carbocycles. The van der Waals surface area contributed by atoms with Crippen molar-refractivity contribution in [2.75, 3.05) is 20.1 Å². The van der Waals surface area contributed by atoms with E-state index in [1.165, 1.54) is 45.2 Å². The van der Waals surface area contributed by atoms with E-state index in [4.69, 9.17) is 0 Å². The molecule has 2 fully saturated rings. The molecule has 0 amide bonds. The summed E-state index contributed by atoms with van der Waals surface area (Å²) in [5.74, 6) is 0. The molecule has 0 atom stereocenters. The van der Waals surface area contributed by atoms with Crippen molar-refractivity contribution in [1.82, 2.24) is 10.2 Å². The second kappa shape index (κ2) is 3.75. The molecule has 2 saturated carbocycles. The molecule has 0 heterocycles. The van der Waals surface area contributed by atoms with E-state index in [0.717, 1.165) is 12.1 Å². The van der Waals surface area contributed by atoms with Crippen LogP contribution in [0.4, 0.5) is 0 Å². The van der Waals surface area contributed by atoms with Gasteiger partial charge in [0.25, 0.3) is 0 Å². The topological polar surface area (TPSA) is 15.3 Å². The highest BCUT2D eigenvalue weighted by atomic mass is 15.2. The summed E-state index contributed by atoms with van der Waals surface area (Å²) in [7, 11) is 2.25. The third-order valence-corrected chi connectivity index (χ3v) is 3.17. The van der Waals surface area contributed by atoms with Gasteiger partial charge in [0, 0.05) is 25.2 Å². The molecule has 12 heavy (non-hydrogen) atoms. The minimum atomic E-state index is 0.859. The summed E-state index contributed by atoms with van der Waals surface area (Å²) < 4.78 is 0. The Balaban J connectivity index is 1.49. The fraction of sp³-hybridized carbons (Fsp3) is 1.00. The highest BCUT2D eigenvalue weighted by Gasteiger charge is 2.25. The van der Waals surface area contributed by atoms with Crippen LogP contribution in [-0.4, -0.2) is 37.1 Å². The Bertz CT molecular complexity index is 139. The SMILES string of the molecule is CN(CCNC1CCC1)C1CC1. The van der Waals surface area contributed by atoms with Crippen molar-refractivity contribution in [2.24, 2.45) is 0 Å². The lowest BCUT2D eigenvalue weighted by molar-refractivity contribution is 0.285. The Labute approximate surface area is 75.3 Å². The predicted molar refractivity (Wildman–Crippen MR) is 51.3 cm³/mol. The molecule has 0 aliphatic heterocycles. The van der Waals surface area contributed by atoms with Crippen molar-refractivity contribution < 1.29 is 0 Å². The summed E-state index contributed by atoms with van der Waals surface area (Å²) >= 11 is 0. The molecule has 0 aromatic rings. The first kappa shape index (κ1) is 8.52. The third-order valence-electron chi connectivity index (χ3n) is 3.17. The van der Waals surface area contributed by atoms with Crippen molar-refractivity contribution in [1.29, 1.82) is 0 Å². The molecule has 70 valence electrons. The van der Waals surface area contributed by atoms with Gasteiger partial charge in [-0.2, -0.15) is 0 Å². The van der Waals surface area contributed by atoms with Gasteiger partial charge in [0.15, 0.2) is 0 Å². The Kier molecular flexibility index (Phi) is 2.66. The quantitative estimate of drug-likeness (QED) is 0.664. The fourth-order valence-electron chi connectivity index (χ4n) is 1.76. The summed E-state index contributed by atoms with van der Waals surface area (Å²) in [5, 5.41) is 3.59. The van der Waals surface area contributed by atoms with E-state index in [1.807, 2.05) is 0 Å². The van der Waals surface area contributed by atoms with E-state index >= 15 is 0 Å². The van der Waals surface area contributed by atoms with Gasteiger partial charge in [-0.05, 0) is 32.7 Å². The first-order valence-electron chi connectivity index (χ1n) is 5.30. The van der Waals surface area contributed by atoms with E-state index in [0.29, 0.717) is 0 Å². The van der Waals surface area contributed by atoms with E-state index < -0.39 is 0 Å². The fourth-order valence-corrected chi connectivity index (χ4v) is 1.76. The van der Waals surface area contributed by atoms with Gasteiger partial charge in [-0.3, -0.25) is 0 Å². The number of hydrogen-bond donors (Lipinski definition) is 1. The summed E-state index contributed by atoms with van der Waals surface area (Å²) in [5.41, 5.74) is 0. The maximum atomic E-state index is 3.59. The average molecular weight is 168 g/mol. The van der Waals surface area contributed by atoms with Gasteiger partial charge in [0.1, 0.15) is 0 Å². The van der Waals surface area contributed by atoms with Crippen LogP contribution >= 0.6 is 0 Å². The monoisotopic (exact) mass is 168 g/mol. The zero-order valence-electron chi connectivity index (χ0n) is 8.05. The maximum absolute atomic E-state index is 3.59. The first-order valence-corrected chi connectivity index (χ1v) is 5.30. The van der Waals surface area contributed by atoms with Gasteiger partial charge >= 0.3 is 0 Å². The number of nitrogens with zero attached hydrogens (tertiary/aromatic N) is 1. The smallest absolute Gasteiger partial charge is 0.0107 e. The second-order valence-electron chi connectivity index (χ2n) is 4.29. The van der Waals surface area contributed by atoms with Crippen LogP contribution in [-0.2, 0) is 0 Å². The lowest BCUT2D eigenvalue weighted by Crippen LogP contribution is -2.40. The van der Waals surface area contributed by atoms with Crippen LogP contribution in [0.25, 0.3) is 0 Å². The largest absolute Gasteiger partial charge is 0.313 e. The van der Waals surface area contributed by atoms with Crippen LogP contribution in [0.1, 0.15) is 32.1 Å². The summed E-state index contributed by atoms with van der Waals surface area (Å²) in [6.07, 6.45) is 7.12. The molecule has 0 spiro atoms.